The Morgan fingerprint density at radius 3 is 2.69 bits per heavy atom. The minimum Gasteiger partial charge on any atom is -0.504 e. The highest BCUT2D eigenvalue weighted by molar-refractivity contribution is 5.79. The Hall–Kier alpha value is -2.56. The number of hydrogen-bond donors (Lipinski definition) is 1. The van der Waals surface area contributed by atoms with Crippen molar-refractivity contribution in [3.8, 4) is 11.5 Å². The Kier molecular flexibility index (Phi) is 5.45. The van der Waals surface area contributed by atoms with Crippen molar-refractivity contribution < 1.29 is 19.0 Å². The Morgan fingerprint density at radius 2 is 2.04 bits per heavy atom. The summed E-state index contributed by atoms with van der Waals surface area (Å²) in [5.74, 6) is -0.0683. The first-order chi connectivity index (χ1) is 12.5. The van der Waals surface area contributed by atoms with Crippen molar-refractivity contribution in [2.45, 2.75) is 38.8 Å². The monoisotopic (exact) mass is 357 g/mol. The highest BCUT2D eigenvalue weighted by atomic mass is 19.1. The fraction of sp³-hybridized carbons (Fsp3) is 0.381. The predicted octanol–water partition coefficient (Wildman–Crippen LogP) is 3.91. The van der Waals surface area contributed by atoms with E-state index in [1.54, 1.807) is 36.4 Å². The molecule has 1 fully saturated rings. The average Bonchev–Trinajstić information content (AvgIpc) is 3.47. The summed E-state index contributed by atoms with van der Waals surface area (Å²) in [6, 6.07) is 12.0. The summed E-state index contributed by atoms with van der Waals surface area (Å²) in [7, 11) is 1.50. The highest BCUT2D eigenvalue weighted by Gasteiger charge is 2.34. The summed E-state index contributed by atoms with van der Waals surface area (Å²) in [5, 5.41) is 9.74. The van der Waals surface area contributed by atoms with Crippen molar-refractivity contribution in [2.24, 2.45) is 5.92 Å². The Labute approximate surface area is 153 Å². The zero-order valence-electron chi connectivity index (χ0n) is 15.1. The quantitative estimate of drug-likeness (QED) is 0.817. The van der Waals surface area contributed by atoms with Gasteiger partial charge in [0.2, 0.25) is 5.91 Å². The summed E-state index contributed by atoms with van der Waals surface area (Å²) < 4.78 is 19.0. The maximum atomic E-state index is 13.9. The molecule has 1 aliphatic carbocycles. The Bertz CT molecular complexity index is 789. The molecule has 0 unspecified atom stereocenters. The maximum Gasteiger partial charge on any atom is 0.226 e. The van der Waals surface area contributed by atoms with Gasteiger partial charge in [0.05, 0.1) is 7.11 Å². The van der Waals surface area contributed by atoms with E-state index in [9.17, 15) is 14.3 Å². The third kappa shape index (κ3) is 4.15. The first kappa shape index (κ1) is 18.2. The Balaban J connectivity index is 1.73. The van der Waals surface area contributed by atoms with Gasteiger partial charge in [-0.05, 0) is 48.6 Å². The summed E-state index contributed by atoms with van der Waals surface area (Å²) in [6.07, 6.45) is 2.37. The van der Waals surface area contributed by atoms with Crippen LogP contribution in [0.4, 0.5) is 4.39 Å². The first-order valence-corrected chi connectivity index (χ1v) is 8.89. The molecule has 138 valence electrons. The number of halogens is 1. The van der Waals surface area contributed by atoms with Gasteiger partial charge in [0.1, 0.15) is 5.82 Å². The number of carbonyl (C=O) groups excluding carboxylic acids is 1. The number of aromatic hydroxyl groups is 1. The molecule has 2 aromatic carbocycles. The molecule has 0 bridgehead atoms. The lowest BCUT2D eigenvalue weighted by atomic mass is 9.99. The van der Waals surface area contributed by atoms with Crippen molar-refractivity contribution in [3.05, 3.63) is 59.4 Å². The fourth-order valence-electron chi connectivity index (χ4n) is 3.15. The highest BCUT2D eigenvalue weighted by Crippen LogP contribution is 2.32. The molecule has 0 saturated heterocycles. The second-order valence-electron chi connectivity index (χ2n) is 6.90. The topological polar surface area (TPSA) is 49.8 Å². The number of benzene rings is 2. The SMILES string of the molecule is COc1cc(CN(C(=O)[C@H](C)Cc2ccccc2F)C2CC2)ccc1O. The van der Waals surface area contributed by atoms with E-state index in [0.717, 1.165) is 18.4 Å². The van der Waals surface area contributed by atoms with Gasteiger partial charge in [0.15, 0.2) is 11.5 Å². The summed E-state index contributed by atoms with van der Waals surface area (Å²) >= 11 is 0. The van der Waals surface area contributed by atoms with E-state index in [0.29, 0.717) is 24.3 Å². The number of carbonyl (C=O) groups is 1. The molecule has 4 nitrogen and oxygen atoms in total. The summed E-state index contributed by atoms with van der Waals surface area (Å²) in [4.78, 5) is 14.9. The molecule has 2 aromatic rings. The van der Waals surface area contributed by atoms with Crippen molar-refractivity contribution in [3.63, 3.8) is 0 Å². The van der Waals surface area contributed by atoms with Crippen LogP contribution in [0.25, 0.3) is 0 Å². The molecule has 5 heteroatoms. The average molecular weight is 357 g/mol. The normalized spacial score (nSPS) is 14.7. The van der Waals surface area contributed by atoms with Crippen LogP contribution >= 0.6 is 0 Å². The molecule has 0 heterocycles. The third-order valence-corrected chi connectivity index (χ3v) is 4.77. The van der Waals surface area contributed by atoms with Crippen LogP contribution in [0.15, 0.2) is 42.5 Å². The first-order valence-electron chi connectivity index (χ1n) is 8.89. The largest absolute Gasteiger partial charge is 0.504 e. The van der Waals surface area contributed by atoms with E-state index in [4.69, 9.17) is 4.74 Å². The van der Waals surface area contributed by atoms with Crippen molar-refractivity contribution in [2.75, 3.05) is 7.11 Å². The maximum absolute atomic E-state index is 13.9. The lowest BCUT2D eigenvalue weighted by Crippen LogP contribution is -2.37. The van der Waals surface area contributed by atoms with Gasteiger partial charge in [-0.25, -0.2) is 4.39 Å². The van der Waals surface area contributed by atoms with E-state index < -0.39 is 0 Å². The van der Waals surface area contributed by atoms with Crippen LogP contribution < -0.4 is 4.74 Å². The van der Waals surface area contributed by atoms with Crippen LogP contribution in [-0.4, -0.2) is 29.1 Å². The van der Waals surface area contributed by atoms with Gasteiger partial charge < -0.3 is 14.7 Å². The molecule has 0 aromatic heterocycles. The molecule has 1 atom stereocenters. The fourth-order valence-corrected chi connectivity index (χ4v) is 3.15. The second-order valence-corrected chi connectivity index (χ2v) is 6.90. The van der Waals surface area contributed by atoms with Crippen LogP contribution in [0.5, 0.6) is 11.5 Å². The number of methoxy groups -OCH3 is 1. The number of ether oxygens (including phenoxy) is 1. The molecular formula is C21H24FNO3. The predicted molar refractivity (Wildman–Crippen MR) is 97.5 cm³/mol. The zero-order chi connectivity index (χ0) is 18.7. The minimum atomic E-state index is -0.300. The standard InChI is InChI=1S/C21H24FNO3/c1-14(11-16-5-3-4-6-18(16)22)21(25)23(17-8-9-17)13-15-7-10-19(24)20(12-15)26-2/h3-7,10,12,14,17,24H,8-9,11,13H2,1-2H3/t14-/m1/s1. The third-order valence-electron chi connectivity index (χ3n) is 4.77. The lowest BCUT2D eigenvalue weighted by molar-refractivity contribution is -0.136. The molecule has 26 heavy (non-hydrogen) atoms. The van der Waals surface area contributed by atoms with Crippen LogP contribution in [-0.2, 0) is 17.8 Å². The molecule has 1 amide bonds. The van der Waals surface area contributed by atoms with Crippen LogP contribution in [0.2, 0.25) is 0 Å². The number of hydrogen-bond acceptors (Lipinski definition) is 3. The minimum absolute atomic E-state index is 0.0304. The summed E-state index contributed by atoms with van der Waals surface area (Å²) in [5.41, 5.74) is 1.47. The number of rotatable bonds is 7. The molecule has 0 aliphatic heterocycles. The van der Waals surface area contributed by atoms with Gasteiger partial charge in [-0.15, -0.1) is 0 Å². The molecule has 1 saturated carbocycles. The molecule has 3 rings (SSSR count). The summed E-state index contributed by atoms with van der Waals surface area (Å²) in [6.45, 7) is 2.31. The molecular weight excluding hydrogens is 333 g/mol. The van der Waals surface area contributed by atoms with E-state index >= 15 is 0 Å². The van der Waals surface area contributed by atoms with E-state index in [-0.39, 0.29) is 29.4 Å². The molecule has 1 aliphatic rings. The van der Waals surface area contributed by atoms with Crippen molar-refractivity contribution in [1.82, 2.24) is 4.90 Å². The van der Waals surface area contributed by atoms with E-state index in [1.807, 2.05) is 11.8 Å². The van der Waals surface area contributed by atoms with Gasteiger partial charge in [0.25, 0.3) is 0 Å². The lowest BCUT2D eigenvalue weighted by Gasteiger charge is -2.26. The Morgan fingerprint density at radius 1 is 1.31 bits per heavy atom. The second kappa shape index (κ2) is 7.77. The van der Waals surface area contributed by atoms with Gasteiger partial charge in [-0.1, -0.05) is 31.2 Å². The number of amides is 1. The molecule has 0 spiro atoms. The van der Waals surface area contributed by atoms with Crippen LogP contribution in [0, 0.1) is 11.7 Å². The van der Waals surface area contributed by atoms with Gasteiger partial charge in [-0.2, -0.15) is 0 Å². The molecule has 1 N–H and O–H groups in total. The number of phenols is 1. The van der Waals surface area contributed by atoms with Crippen molar-refractivity contribution in [1.29, 1.82) is 0 Å². The van der Waals surface area contributed by atoms with Crippen LogP contribution in [0.3, 0.4) is 0 Å². The number of phenolic OH excluding ortho intramolecular Hbond substituents is 1. The van der Waals surface area contributed by atoms with Crippen molar-refractivity contribution >= 4 is 5.91 Å². The van der Waals surface area contributed by atoms with Gasteiger partial charge in [-0.3, -0.25) is 4.79 Å². The van der Waals surface area contributed by atoms with Crippen LogP contribution in [0.1, 0.15) is 30.9 Å². The number of nitrogens with zero attached hydrogens (tertiary/aromatic N) is 1. The van der Waals surface area contributed by atoms with E-state index in [1.165, 1.54) is 13.2 Å². The van der Waals surface area contributed by atoms with Gasteiger partial charge >= 0.3 is 0 Å². The smallest absolute Gasteiger partial charge is 0.226 e. The zero-order valence-corrected chi connectivity index (χ0v) is 15.1. The molecule has 0 radical (unpaired) electrons. The van der Waals surface area contributed by atoms with E-state index in [2.05, 4.69) is 0 Å². The van der Waals surface area contributed by atoms with Gasteiger partial charge in [0, 0.05) is 18.5 Å².